The van der Waals surface area contributed by atoms with Crippen LogP contribution in [0.1, 0.15) is 39.2 Å². The summed E-state index contributed by atoms with van der Waals surface area (Å²) in [5, 5.41) is 3.83. The summed E-state index contributed by atoms with van der Waals surface area (Å²) in [6, 6.07) is 17.6. The van der Waals surface area contributed by atoms with Gasteiger partial charge in [-0.2, -0.15) is 0 Å². The number of thiophene rings is 1. The Hall–Kier alpha value is -2.24. The molecule has 0 fully saturated rings. The average Bonchev–Trinajstić information content (AvgIpc) is 3.07. The van der Waals surface area contributed by atoms with Crippen molar-refractivity contribution in [2.75, 3.05) is 5.32 Å². The standard InChI is InChI=1S/C22H19BrN2OS/c23-16-12-10-15(11-13-16)14-24-22-20(18-8-4-5-9-19(18)27-22)21(26)25-17-6-2-1-3-7-17/h1-3,6-7,10-14H,4-5,8-9H2,(H,25,26)/b24-14+. The zero-order chi connectivity index (χ0) is 18.6. The fourth-order valence-corrected chi connectivity index (χ4v) is 4.77. The van der Waals surface area contributed by atoms with Crippen molar-refractivity contribution >= 4 is 50.1 Å². The largest absolute Gasteiger partial charge is 0.322 e. The molecule has 2 aromatic carbocycles. The minimum Gasteiger partial charge on any atom is -0.322 e. The Morgan fingerprint density at radius 2 is 1.78 bits per heavy atom. The Kier molecular flexibility index (Phi) is 5.50. The zero-order valence-electron chi connectivity index (χ0n) is 14.7. The summed E-state index contributed by atoms with van der Waals surface area (Å²) in [6.45, 7) is 0. The molecule has 0 aliphatic heterocycles. The number of carbonyl (C=O) groups is 1. The van der Waals surface area contributed by atoms with Crippen LogP contribution in [0.5, 0.6) is 0 Å². The molecular weight excluding hydrogens is 420 g/mol. The van der Waals surface area contributed by atoms with Crippen LogP contribution in [-0.2, 0) is 12.8 Å². The number of aliphatic imine (C=N–C) groups is 1. The highest BCUT2D eigenvalue weighted by Gasteiger charge is 2.25. The molecule has 0 saturated carbocycles. The molecule has 1 N–H and O–H groups in total. The van der Waals surface area contributed by atoms with Crippen molar-refractivity contribution < 1.29 is 4.79 Å². The van der Waals surface area contributed by atoms with E-state index in [1.54, 1.807) is 11.3 Å². The highest BCUT2D eigenvalue weighted by Crippen LogP contribution is 2.40. The van der Waals surface area contributed by atoms with Gasteiger partial charge in [-0.1, -0.05) is 46.3 Å². The van der Waals surface area contributed by atoms with Gasteiger partial charge in [0.05, 0.1) is 5.56 Å². The number of aryl methyl sites for hydroxylation is 1. The number of nitrogens with zero attached hydrogens (tertiary/aromatic N) is 1. The van der Waals surface area contributed by atoms with E-state index < -0.39 is 0 Å². The number of benzene rings is 2. The number of rotatable bonds is 4. The lowest BCUT2D eigenvalue weighted by Crippen LogP contribution is -2.14. The molecule has 1 aliphatic carbocycles. The second-order valence-electron chi connectivity index (χ2n) is 6.52. The maximum atomic E-state index is 13.0. The minimum atomic E-state index is -0.0662. The number of para-hydroxylation sites is 1. The van der Waals surface area contributed by atoms with Gasteiger partial charge < -0.3 is 5.32 Å². The molecule has 0 unspecified atom stereocenters. The Labute approximate surface area is 171 Å². The maximum absolute atomic E-state index is 13.0. The van der Waals surface area contributed by atoms with Crippen LogP contribution in [0, 0.1) is 0 Å². The van der Waals surface area contributed by atoms with Gasteiger partial charge in [-0.05, 0) is 61.1 Å². The van der Waals surface area contributed by atoms with Crippen LogP contribution >= 0.6 is 27.3 Å². The van der Waals surface area contributed by atoms with Crippen molar-refractivity contribution in [2.45, 2.75) is 25.7 Å². The number of fused-ring (bicyclic) bond motifs is 1. The van der Waals surface area contributed by atoms with E-state index in [9.17, 15) is 4.79 Å². The number of halogens is 1. The molecule has 0 radical (unpaired) electrons. The summed E-state index contributed by atoms with van der Waals surface area (Å²) in [5.41, 5.74) is 3.75. The van der Waals surface area contributed by atoms with Crippen LogP contribution in [0.2, 0.25) is 0 Å². The smallest absolute Gasteiger partial charge is 0.259 e. The fraction of sp³-hybridized carbons (Fsp3) is 0.182. The summed E-state index contributed by atoms with van der Waals surface area (Å²) in [5.74, 6) is -0.0662. The zero-order valence-corrected chi connectivity index (χ0v) is 17.1. The first-order valence-corrected chi connectivity index (χ1v) is 10.6. The van der Waals surface area contributed by atoms with Crippen LogP contribution in [0.4, 0.5) is 10.7 Å². The molecule has 3 aromatic rings. The normalized spacial score (nSPS) is 13.5. The van der Waals surface area contributed by atoms with Crippen LogP contribution in [0.3, 0.4) is 0 Å². The van der Waals surface area contributed by atoms with Gasteiger partial charge in [-0.25, -0.2) is 4.99 Å². The molecule has 1 aliphatic rings. The van der Waals surface area contributed by atoms with Crippen molar-refractivity contribution in [2.24, 2.45) is 4.99 Å². The maximum Gasteiger partial charge on any atom is 0.259 e. The molecule has 136 valence electrons. The van der Waals surface area contributed by atoms with Gasteiger partial charge >= 0.3 is 0 Å². The first kappa shape index (κ1) is 18.1. The van der Waals surface area contributed by atoms with Gasteiger partial charge in [0.2, 0.25) is 0 Å². The SMILES string of the molecule is O=C(Nc1ccccc1)c1c(/N=C/c2ccc(Br)cc2)sc2c1CCCC2. The van der Waals surface area contributed by atoms with Gasteiger partial charge in [0.15, 0.2) is 0 Å². The lowest BCUT2D eigenvalue weighted by atomic mass is 9.95. The van der Waals surface area contributed by atoms with Gasteiger partial charge in [-0.3, -0.25) is 4.79 Å². The number of amides is 1. The van der Waals surface area contributed by atoms with E-state index in [1.807, 2.05) is 60.8 Å². The molecule has 27 heavy (non-hydrogen) atoms. The molecule has 5 heteroatoms. The molecular formula is C22H19BrN2OS. The van der Waals surface area contributed by atoms with Crippen LogP contribution < -0.4 is 5.32 Å². The van der Waals surface area contributed by atoms with E-state index in [-0.39, 0.29) is 5.91 Å². The highest BCUT2D eigenvalue weighted by atomic mass is 79.9. The summed E-state index contributed by atoms with van der Waals surface area (Å²) in [7, 11) is 0. The van der Waals surface area contributed by atoms with Crippen molar-refractivity contribution in [3.63, 3.8) is 0 Å². The van der Waals surface area contributed by atoms with Crippen molar-refractivity contribution in [3.05, 3.63) is 80.6 Å². The fourth-order valence-electron chi connectivity index (χ4n) is 3.27. The third kappa shape index (κ3) is 4.20. The Morgan fingerprint density at radius 3 is 2.56 bits per heavy atom. The van der Waals surface area contributed by atoms with E-state index in [0.717, 1.165) is 45.6 Å². The number of carbonyl (C=O) groups excluding carboxylic acids is 1. The second-order valence-corrected chi connectivity index (χ2v) is 8.52. The summed E-state index contributed by atoms with van der Waals surface area (Å²) in [6.07, 6.45) is 6.15. The average molecular weight is 439 g/mol. The second kappa shape index (κ2) is 8.19. The molecule has 1 heterocycles. The predicted molar refractivity (Wildman–Crippen MR) is 117 cm³/mol. The van der Waals surface area contributed by atoms with Crippen LogP contribution in [0.25, 0.3) is 0 Å². The summed E-state index contributed by atoms with van der Waals surface area (Å²) in [4.78, 5) is 19.0. The first-order chi connectivity index (χ1) is 13.2. The van der Waals surface area contributed by atoms with E-state index in [0.29, 0.717) is 0 Å². The highest BCUT2D eigenvalue weighted by molar-refractivity contribution is 9.10. The Balaban J connectivity index is 1.67. The molecule has 3 nitrogen and oxygen atoms in total. The number of nitrogens with one attached hydrogen (secondary N) is 1. The third-order valence-corrected chi connectivity index (χ3v) is 6.34. The molecule has 4 rings (SSSR count). The van der Waals surface area contributed by atoms with Gasteiger partial charge in [0.1, 0.15) is 5.00 Å². The molecule has 0 saturated heterocycles. The van der Waals surface area contributed by atoms with Crippen molar-refractivity contribution in [1.82, 2.24) is 0 Å². The van der Waals surface area contributed by atoms with Gasteiger partial charge in [-0.15, -0.1) is 11.3 Å². The number of hydrogen-bond donors (Lipinski definition) is 1. The number of anilines is 1. The lowest BCUT2D eigenvalue weighted by molar-refractivity contribution is 0.102. The van der Waals surface area contributed by atoms with Gasteiger partial charge in [0.25, 0.3) is 5.91 Å². The summed E-state index contributed by atoms with van der Waals surface area (Å²) >= 11 is 5.10. The van der Waals surface area contributed by atoms with E-state index in [1.165, 1.54) is 16.9 Å². The molecule has 0 bridgehead atoms. The van der Waals surface area contributed by atoms with E-state index in [4.69, 9.17) is 4.99 Å². The topological polar surface area (TPSA) is 41.5 Å². The third-order valence-electron chi connectivity index (χ3n) is 4.61. The summed E-state index contributed by atoms with van der Waals surface area (Å²) < 4.78 is 1.04. The Morgan fingerprint density at radius 1 is 1.04 bits per heavy atom. The van der Waals surface area contributed by atoms with Crippen molar-refractivity contribution in [3.8, 4) is 0 Å². The number of hydrogen-bond acceptors (Lipinski definition) is 3. The molecule has 1 aromatic heterocycles. The van der Waals surface area contributed by atoms with Crippen LogP contribution in [-0.4, -0.2) is 12.1 Å². The predicted octanol–water partition coefficient (Wildman–Crippen LogP) is 6.39. The molecule has 1 amide bonds. The first-order valence-electron chi connectivity index (χ1n) is 9.01. The molecule has 0 atom stereocenters. The minimum absolute atomic E-state index is 0.0662. The van der Waals surface area contributed by atoms with E-state index in [2.05, 4.69) is 21.2 Å². The van der Waals surface area contributed by atoms with Crippen LogP contribution in [0.15, 0.2) is 64.1 Å². The van der Waals surface area contributed by atoms with Gasteiger partial charge in [0, 0.05) is 21.3 Å². The lowest BCUT2D eigenvalue weighted by Gasteiger charge is -2.12. The molecule has 0 spiro atoms. The quantitative estimate of drug-likeness (QED) is 0.470. The van der Waals surface area contributed by atoms with E-state index >= 15 is 0 Å². The van der Waals surface area contributed by atoms with Crippen molar-refractivity contribution in [1.29, 1.82) is 0 Å². The monoisotopic (exact) mass is 438 g/mol. The Bertz CT molecular complexity index is 978.